The average molecular weight is 305 g/mol. The Kier molecular flexibility index (Phi) is 3.76. The Morgan fingerprint density at radius 3 is 2.69 bits per heavy atom. The molecule has 0 heterocycles. The summed E-state index contributed by atoms with van der Waals surface area (Å²) in [6.07, 6.45) is 0. The summed E-state index contributed by atoms with van der Waals surface area (Å²) in [6.45, 7) is 2.44. The molecule has 0 aromatic heterocycles. The Morgan fingerprint density at radius 2 is 2.15 bits per heavy atom. The van der Waals surface area contributed by atoms with Crippen molar-refractivity contribution in [1.29, 1.82) is 5.26 Å². The highest BCUT2D eigenvalue weighted by Gasteiger charge is 2.08. The van der Waals surface area contributed by atoms with Gasteiger partial charge in [0, 0.05) is 4.47 Å². The predicted molar refractivity (Wildman–Crippen MR) is 57.7 cm³/mol. The van der Waals surface area contributed by atoms with E-state index in [0.717, 1.165) is 8.95 Å². The van der Waals surface area contributed by atoms with Crippen molar-refractivity contribution < 1.29 is 4.74 Å². The Balaban J connectivity index is 3.23. The Hall–Kier alpha value is -0.530. The summed E-state index contributed by atoms with van der Waals surface area (Å²) < 4.78 is 6.98. The van der Waals surface area contributed by atoms with Gasteiger partial charge in [0.05, 0.1) is 16.6 Å². The highest BCUT2D eigenvalue weighted by atomic mass is 79.9. The third kappa shape index (κ3) is 2.45. The van der Waals surface area contributed by atoms with Gasteiger partial charge in [-0.3, -0.25) is 0 Å². The molecule has 0 bridgehead atoms. The SMILES string of the molecule is CCOc1c(Br)cc(Br)cc1C#N. The second-order valence-corrected chi connectivity index (χ2v) is 4.08. The molecule has 1 aromatic carbocycles. The number of hydrogen-bond donors (Lipinski definition) is 0. The summed E-state index contributed by atoms with van der Waals surface area (Å²) in [5.41, 5.74) is 0.531. The van der Waals surface area contributed by atoms with Crippen molar-refractivity contribution >= 4 is 31.9 Å². The molecule has 0 saturated heterocycles. The van der Waals surface area contributed by atoms with Crippen LogP contribution in [0, 0.1) is 11.3 Å². The fourth-order valence-electron chi connectivity index (χ4n) is 0.934. The van der Waals surface area contributed by atoms with Gasteiger partial charge in [-0.25, -0.2) is 0 Å². The normalized spacial score (nSPS) is 9.38. The first-order valence-corrected chi connectivity index (χ1v) is 5.29. The van der Waals surface area contributed by atoms with Crippen molar-refractivity contribution in [3.8, 4) is 11.8 Å². The lowest BCUT2D eigenvalue weighted by atomic mass is 10.2. The molecule has 0 aliphatic rings. The molecule has 0 amide bonds. The van der Waals surface area contributed by atoms with E-state index in [1.54, 1.807) is 6.07 Å². The fourth-order valence-corrected chi connectivity index (χ4v) is 2.27. The maximum Gasteiger partial charge on any atom is 0.151 e. The Labute approximate surface area is 93.8 Å². The summed E-state index contributed by atoms with van der Waals surface area (Å²) in [5, 5.41) is 8.82. The molecule has 0 fully saturated rings. The highest BCUT2D eigenvalue weighted by Crippen LogP contribution is 2.32. The van der Waals surface area contributed by atoms with E-state index in [9.17, 15) is 0 Å². The molecule has 0 spiro atoms. The lowest BCUT2D eigenvalue weighted by Crippen LogP contribution is -1.95. The molecule has 0 aliphatic carbocycles. The minimum Gasteiger partial charge on any atom is -0.491 e. The van der Waals surface area contributed by atoms with Gasteiger partial charge in [-0.15, -0.1) is 0 Å². The zero-order valence-corrected chi connectivity index (χ0v) is 10.1. The molecule has 68 valence electrons. The summed E-state index contributed by atoms with van der Waals surface area (Å²) in [6, 6.07) is 5.66. The fraction of sp³-hybridized carbons (Fsp3) is 0.222. The van der Waals surface area contributed by atoms with E-state index in [-0.39, 0.29) is 0 Å². The molecule has 0 unspecified atom stereocenters. The summed E-state index contributed by atoms with van der Waals surface area (Å²) >= 11 is 6.64. The van der Waals surface area contributed by atoms with Gasteiger partial charge >= 0.3 is 0 Å². The maximum atomic E-state index is 8.82. The highest BCUT2D eigenvalue weighted by molar-refractivity contribution is 9.11. The van der Waals surface area contributed by atoms with Gasteiger partial charge in [0.1, 0.15) is 6.07 Å². The van der Waals surface area contributed by atoms with Gasteiger partial charge in [0.2, 0.25) is 0 Å². The van der Waals surface area contributed by atoms with E-state index in [1.165, 1.54) is 0 Å². The van der Waals surface area contributed by atoms with Crippen LogP contribution >= 0.6 is 31.9 Å². The first kappa shape index (κ1) is 10.6. The van der Waals surface area contributed by atoms with Gasteiger partial charge in [-0.05, 0) is 35.0 Å². The van der Waals surface area contributed by atoms with Gasteiger partial charge in [-0.1, -0.05) is 15.9 Å². The van der Waals surface area contributed by atoms with Gasteiger partial charge in [0.25, 0.3) is 0 Å². The average Bonchev–Trinajstić information content (AvgIpc) is 2.09. The van der Waals surface area contributed by atoms with Crippen LogP contribution in [-0.2, 0) is 0 Å². The van der Waals surface area contributed by atoms with E-state index in [4.69, 9.17) is 10.00 Å². The van der Waals surface area contributed by atoms with Crippen LogP contribution in [0.4, 0.5) is 0 Å². The molecule has 0 atom stereocenters. The molecule has 0 aliphatic heterocycles. The number of hydrogen-bond acceptors (Lipinski definition) is 2. The molecule has 2 nitrogen and oxygen atoms in total. The van der Waals surface area contributed by atoms with Crippen LogP contribution in [0.3, 0.4) is 0 Å². The van der Waals surface area contributed by atoms with Crippen molar-refractivity contribution in [3.05, 3.63) is 26.6 Å². The number of halogens is 2. The minimum absolute atomic E-state index is 0.531. The molecular formula is C9H7Br2NO. The van der Waals surface area contributed by atoms with E-state index in [0.29, 0.717) is 17.9 Å². The van der Waals surface area contributed by atoms with Crippen molar-refractivity contribution in [2.75, 3.05) is 6.61 Å². The quantitative estimate of drug-likeness (QED) is 0.838. The Bertz CT molecular complexity index is 357. The molecule has 0 saturated carbocycles. The molecular weight excluding hydrogens is 298 g/mol. The van der Waals surface area contributed by atoms with Crippen LogP contribution in [0.5, 0.6) is 5.75 Å². The van der Waals surface area contributed by atoms with E-state index >= 15 is 0 Å². The van der Waals surface area contributed by atoms with Crippen molar-refractivity contribution in [3.63, 3.8) is 0 Å². The smallest absolute Gasteiger partial charge is 0.151 e. The number of rotatable bonds is 2. The Morgan fingerprint density at radius 1 is 1.46 bits per heavy atom. The molecule has 0 N–H and O–H groups in total. The maximum absolute atomic E-state index is 8.82. The van der Waals surface area contributed by atoms with Crippen LogP contribution in [0.1, 0.15) is 12.5 Å². The minimum atomic E-state index is 0.531. The second kappa shape index (κ2) is 4.64. The van der Waals surface area contributed by atoms with Crippen LogP contribution < -0.4 is 4.74 Å². The van der Waals surface area contributed by atoms with Gasteiger partial charge in [0.15, 0.2) is 5.75 Å². The molecule has 1 rings (SSSR count). The number of nitriles is 1. The van der Waals surface area contributed by atoms with Gasteiger partial charge < -0.3 is 4.74 Å². The monoisotopic (exact) mass is 303 g/mol. The number of benzene rings is 1. The van der Waals surface area contributed by atoms with E-state index in [2.05, 4.69) is 37.9 Å². The van der Waals surface area contributed by atoms with E-state index in [1.807, 2.05) is 13.0 Å². The van der Waals surface area contributed by atoms with Crippen LogP contribution in [0.25, 0.3) is 0 Å². The van der Waals surface area contributed by atoms with Crippen LogP contribution in [-0.4, -0.2) is 6.61 Å². The molecule has 4 heteroatoms. The van der Waals surface area contributed by atoms with Crippen LogP contribution in [0.2, 0.25) is 0 Å². The first-order chi connectivity index (χ1) is 6.19. The number of ether oxygens (including phenoxy) is 1. The van der Waals surface area contributed by atoms with Crippen molar-refractivity contribution in [2.24, 2.45) is 0 Å². The predicted octanol–water partition coefficient (Wildman–Crippen LogP) is 3.48. The molecule has 0 radical (unpaired) electrons. The largest absolute Gasteiger partial charge is 0.491 e. The van der Waals surface area contributed by atoms with Crippen molar-refractivity contribution in [1.82, 2.24) is 0 Å². The third-order valence-electron chi connectivity index (χ3n) is 1.42. The lowest BCUT2D eigenvalue weighted by molar-refractivity contribution is 0.337. The van der Waals surface area contributed by atoms with Crippen molar-refractivity contribution in [2.45, 2.75) is 6.92 Å². The topological polar surface area (TPSA) is 33.0 Å². The molecule has 13 heavy (non-hydrogen) atoms. The summed E-state index contributed by atoms with van der Waals surface area (Å²) in [4.78, 5) is 0. The number of nitrogens with zero attached hydrogens (tertiary/aromatic N) is 1. The molecule has 1 aromatic rings. The van der Waals surface area contributed by atoms with Gasteiger partial charge in [-0.2, -0.15) is 5.26 Å². The summed E-state index contributed by atoms with van der Waals surface area (Å²) in [7, 11) is 0. The van der Waals surface area contributed by atoms with E-state index < -0.39 is 0 Å². The zero-order chi connectivity index (χ0) is 9.84. The van der Waals surface area contributed by atoms with Crippen LogP contribution in [0.15, 0.2) is 21.1 Å². The third-order valence-corrected chi connectivity index (χ3v) is 2.46. The first-order valence-electron chi connectivity index (χ1n) is 3.71. The zero-order valence-electron chi connectivity index (χ0n) is 6.97. The standard InChI is InChI=1S/C9H7Br2NO/c1-2-13-9-6(5-12)3-7(10)4-8(9)11/h3-4H,2H2,1H3. The second-order valence-electron chi connectivity index (χ2n) is 2.31. The summed E-state index contributed by atoms with van der Waals surface area (Å²) in [5.74, 6) is 0.605. The lowest BCUT2D eigenvalue weighted by Gasteiger charge is -2.07.